The molecule has 1 aromatic heterocycles. The van der Waals surface area contributed by atoms with Gasteiger partial charge in [-0.1, -0.05) is 6.07 Å². The van der Waals surface area contributed by atoms with Gasteiger partial charge in [-0.05, 0) is 18.6 Å². The second-order valence-electron chi connectivity index (χ2n) is 3.87. The van der Waals surface area contributed by atoms with Crippen molar-refractivity contribution >= 4 is 11.9 Å². The number of ether oxygens (including phenoxy) is 1. The van der Waals surface area contributed by atoms with Gasteiger partial charge in [0.1, 0.15) is 5.92 Å². The summed E-state index contributed by atoms with van der Waals surface area (Å²) in [5.41, 5.74) is 0.879. The molecule has 0 unspecified atom stereocenters. The van der Waals surface area contributed by atoms with E-state index in [-0.39, 0.29) is 18.4 Å². The van der Waals surface area contributed by atoms with Crippen LogP contribution >= 0.6 is 0 Å². The molecule has 0 aromatic carbocycles. The fourth-order valence-corrected chi connectivity index (χ4v) is 2.03. The molecule has 90 valence electrons. The van der Waals surface area contributed by atoms with Gasteiger partial charge in [-0.3, -0.25) is 14.6 Å². The highest BCUT2D eigenvalue weighted by atomic mass is 16.5. The van der Waals surface area contributed by atoms with Crippen LogP contribution in [0, 0.1) is 5.92 Å². The van der Waals surface area contributed by atoms with Gasteiger partial charge >= 0.3 is 5.97 Å². The molecule has 1 amide bonds. The van der Waals surface area contributed by atoms with Crippen LogP contribution in [0.15, 0.2) is 24.5 Å². The lowest BCUT2D eigenvalue weighted by Crippen LogP contribution is -2.29. The van der Waals surface area contributed by atoms with E-state index in [0.29, 0.717) is 6.54 Å². The molecule has 2 heterocycles. The van der Waals surface area contributed by atoms with Gasteiger partial charge in [0.15, 0.2) is 0 Å². The highest BCUT2D eigenvalue weighted by molar-refractivity contribution is 6.00. The first-order valence-electron chi connectivity index (χ1n) is 5.58. The van der Waals surface area contributed by atoms with Gasteiger partial charge in [-0.2, -0.15) is 0 Å². The zero-order valence-corrected chi connectivity index (χ0v) is 9.55. The molecule has 0 radical (unpaired) electrons. The van der Waals surface area contributed by atoms with E-state index < -0.39 is 11.9 Å². The molecule has 1 aliphatic heterocycles. The Hall–Kier alpha value is -1.91. The summed E-state index contributed by atoms with van der Waals surface area (Å²) in [5, 5.41) is 2.69. The van der Waals surface area contributed by atoms with Crippen molar-refractivity contribution in [3.63, 3.8) is 0 Å². The summed E-state index contributed by atoms with van der Waals surface area (Å²) in [6.07, 6.45) is 3.34. The maximum atomic E-state index is 11.7. The minimum atomic E-state index is -0.751. The first-order chi connectivity index (χ1) is 8.24. The summed E-state index contributed by atoms with van der Waals surface area (Å²) < 4.78 is 4.93. The minimum Gasteiger partial charge on any atom is -0.465 e. The van der Waals surface area contributed by atoms with Crippen molar-refractivity contribution in [1.82, 2.24) is 10.3 Å². The van der Waals surface area contributed by atoms with Gasteiger partial charge in [0.25, 0.3) is 0 Å². The Kier molecular flexibility index (Phi) is 3.37. The van der Waals surface area contributed by atoms with Crippen molar-refractivity contribution in [3.05, 3.63) is 30.1 Å². The molecule has 0 aliphatic carbocycles. The van der Waals surface area contributed by atoms with Crippen LogP contribution in [0.4, 0.5) is 0 Å². The number of hydrogen-bond acceptors (Lipinski definition) is 4. The Bertz CT molecular complexity index is 419. The maximum Gasteiger partial charge on any atom is 0.319 e. The van der Waals surface area contributed by atoms with E-state index in [1.807, 2.05) is 6.07 Å². The monoisotopic (exact) mass is 234 g/mol. The molecular formula is C12H14N2O3. The van der Waals surface area contributed by atoms with Crippen LogP contribution in [0.3, 0.4) is 0 Å². The zero-order valence-electron chi connectivity index (χ0n) is 9.55. The van der Waals surface area contributed by atoms with Crippen LogP contribution in [0.2, 0.25) is 0 Å². The van der Waals surface area contributed by atoms with Crippen LogP contribution in [0.5, 0.6) is 0 Å². The smallest absolute Gasteiger partial charge is 0.319 e. The average molecular weight is 234 g/mol. The third-order valence-corrected chi connectivity index (χ3v) is 2.83. The molecule has 1 saturated heterocycles. The van der Waals surface area contributed by atoms with Crippen LogP contribution in [0.1, 0.15) is 18.4 Å². The fraction of sp³-hybridized carbons (Fsp3) is 0.417. The Labute approximate surface area is 99.2 Å². The average Bonchev–Trinajstić information content (AvgIpc) is 2.73. The Balaban J connectivity index is 2.22. The number of hydrogen-bond donors (Lipinski definition) is 1. The molecule has 1 aliphatic rings. The second kappa shape index (κ2) is 4.95. The van der Waals surface area contributed by atoms with E-state index in [0.717, 1.165) is 5.56 Å². The third-order valence-electron chi connectivity index (χ3n) is 2.83. The Morgan fingerprint density at radius 3 is 3.12 bits per heavy atom. The number of rotatable bonds is 3. The van der Waals surface area contributed by atoms with Crippen molar-refractivity contribution in [3.8, 4) is 0 Å². The molecule has 2 rings (SSSR count). The molecule has 0 saturated carbocycles. The molecule has 5 nitrogen and oxygen atoms in total. The van der Waals surface area contributed by atoms with Crippen molar-refractivity contribution in [2.24, 2.45) is 5.92 Å². The largest absolute Gasteiger partial charge is 0.465 e. The molecule has 1 N–H and O–H groups in total. The number of pyridine rings is 1. The lowest BCUT2D eigenvalue weighted by atomic mass is 9.89. The SMILES string of the molecule is CCOC(=O)[C@H]1C(=O)NC[C@H]1c1cccnc1. The van der Waals surface area contributed by atoms with Gasteiger partial charge in [-0.15, -0.1) is 0 Å². The number of esters is 1. The minimum absolute atomic E-state index is 0.185. The van der Waals surface area contributed by atoms with Crippen LogP contribution in [0.25, 0.3) is 0 Å². The predicted octanol–water partition coefficient (Wildman–Crippen LogP) is 0.474. The number of aromatic nitrogens is 1. The number of carbonyl (C=O) groups is 2. The predicted molar refractivity (Wildman–Crippen MR) is 60.1 cm³/mol. The van der Waals surface area contributed by atoms with Crippen LogP contribution < -0.4 is 5.32 Å². The van der Waals surface area contributed by atoms with Crippen molar-refractivity contribution in [1.29, 1.82) is 0 Å². The standard InChI is InChI=1S/C12H14N2O3/c1-2-17-12(16)10-9(7-14-11(10)15)8-4-3-5-13-6-8/h3-6,9-10H,2,7H2,1H3,(H,14,15)/t9-,10+/m0/s1. The van der Waals surface area contributed by atoms with E-state index in [1.54, 1.807) is 25.4 Å². The highest BCUT2D eigenvalue weighted by Crippen LogP contribution is 2.29. The van der Waals surface area contributed by atoms with Crippen molar-refractivity contribution in [2.45, 2.75) is 12.8 Å². The zero-order chi connectivity index (χ0) is 12.3. The first kappa shape index (κ1) is 11.6. The van der Waals surface area contributed by atoms with Crippen molar-refractivity contribution < 1.29 is 14.3 Å². The van der Waals surface area contributed by atoms with Gasteiger partial charge < -0.3 is 10.1 Å². The van der Waals surface area contributed by atoms with Crippen molar-refractivity contribution in [2.75, 3.05) is 13.2 Å². The summed E-state index contributed by atoms with van der Waals surface area (Å²) >= 11 is 0. The maximum absolute atomic E-state index is 11.7. The number of nitrogens with zero attached hydrogens (tertiary/aromatic N) is 1. The lowest BCUT2D eigenvalue weighted by molar-refractivity contribution is -0.151. The lowest BCUT2D eigenvalue weighted by Gasteiger charge is -2.15. The van der Waals surface area contributed by atoms with Crippen LogP contribution in [-0.4, -0.2) is 30.0 Å². The summed E-state index contributed by atoms with van der Waals surface area (Å²) in [4.78, 5) is 27.4. The molecule has 2 atom stereocenters. The van der Waals surface area contributed by atoms with E-state index >= 15 is 0 Å². The van der Waals surface area contributed by atoms with Crippen LogP contribution in [-0.2, 0) is 14.3 Å². The summed E-state index contributed by atoms with van der Waals surface area (Å²) in [6.45, 7) is 2.46. The Morgan fingerprint density at radius 2 is 2.47 bits per heavy atom. The quantitative estimate of drug-likeness (QED) is 0.610. The van der Waals surface area contributed by atoms with E-state index in [4.69, 9.17) is 4.74 Å². The molecule has 1 aromatic rings. The van der Waals surface area contributed by atoms with Gasteiger partial charge in [0, 0.05) is 24.9 Å². The summed E-state index contributed by atoms with van der Waals surface area (Å²) in [6, 6.07) is 3.66. The first-order valence-corrected chi connectivity index (χ1v) is 5.58. The molecule has 0 spiro atoms. The normalized spacial score (nSPS) is 23.2. The Morgan fingerprint density at radius 1 is 1.65 bits per heavy atom. The van der Waals surface area contributed by atoms with Gasteiger partial charge in [-0.25, -0.2) is 0 Å². The number of nitrogens with one attached hydrogen (secondary N) is 1. The topological polar surface area (TPSA) is 68.3 Å². The number of carbonyl (C=O) groups excluding carboxylic acids is 2. The fourth-order valence-electron chi connectivity index (χ4n) is 2.03. The van der Waals surface area contributed by atoms with E-state index in [9.17, 15) is 9.59 Å². The molecule has 1 fully saturated rings. The molecule has 0 bridgehead atoms. The third kappa shape index (κ3) is 2.27. The summed E-state index contributed by atoms with van der Waals surface area (Å²) in [5.74, 6) is -1.66. The molecular weight excluding hydrogens is 220 g/mol. The highest BCUT2D eigenvalue weighted by Gasteiger charge is 2.42. The second-order valence-corrected chi connectivity index (χ2v) is 3.87. The molecule has 5 heteroatoms. The molecule has 17 heavy (non-hydrogen) atoms. The number of amides is 1. The van der Waals surface area contributed by atoms with E-state index in [2.05, 4.69) is 10.3 Å². The summed E-state index contributed by atoms with van der Waals surface area (Å²) in [7, 11) is 0. The van der Waals surface area contributed by atoms with Gasteiger partial charge in [0.2, 0.25) is 5.91 Å². The van der Waals surface area contributed by atoms with E-state index in [1.165, 1.54) is 0 Å². The van der Waals surface area contributed by atoms with Gasteiger partial charge in [0.05, 0.1) is 6.61 Å².